The topological polar surface area (TPSA) is 58.2 Å². The second kappa shape index (κ2) is 9.02. The Hall–Kier alpha value is -2.66. The monoisotopic (exact) mass is 380 g/mol. The molecule has 0 spiro atoms. The van der Waals surface area contributed by atoms with Crippen LogP contribution in [0.15, 0.2) is 48.5 Å². The Morgan fingerprint density at radius 3 is 2.46 bits per heavy atom. The highest BCUT2D eigenvalue weighted by molar-refractivity contribution is 5.93. The predicted octanol–water partition coefficient (Wildman–Crippen LogP) is 3.69. The fourth-order valence-electron chi connectivity index (χ4n) is 4.48. The molecule has 1 aliphatic heterocycles. The van der Waals surface area contributed by atoms with Crippen LogP contribution in [0.2, 0.25) is 0 Å². The molecule has 3 rings (SSSR count). The molecule has 0 radical (unpaired) electrons. The first-order valence-electron chi connectivity index (χ1n) is 9.99. The second-order valence-electron chi connectivity index (χ2n) is 7.82. The molecule has 5 heteroatoms. The Morgan fingerprint density at radius 2 is 1.79 bits per heavy atom. The first-order valence-corrected chi connectivity index (χ1v) is 9.99. The number of quaternary nitrogens is 1. The molecule has 28 heavy (non-hydrogen) atoms. The van der Waals surface area contributed by atoms with Crippen molar-refractivity contribution in [2.75, 3.05) is 25.1 Å². The molecule has 0 saturated carbocycles. The number of hydrogen-bond acceptors (Lipinski definition) is 2. The summed E-state index contributed by atoms with van der Waals surface area (Å²) in [5, 5.41) is 5.99. The zero-order chi connectivity index (χ0) is 20.0. The van der Waals surface area contributed by atoms with Crippen LogP contribution in [-0.2, 0) is 9.59 Å². The zero-order valence-electron chi connectivity index (χ0n) is 16.8. The summed E-state index contributed by atoms with van der Waals surface area (Å²) in [6.07, 6.45) is 3.95. The minimum atomic E-state index is -0.00655. The van der Waals surface area contributed by atoms with Crippen molar-refractivity contribution in [1.29, 1.82) is 0 Å². The van der Waals surface area contributed by atoms with Crippen LogP contribution >= 0.6 is 0 Å². The van der Waals surface area contributed by atoms with Crippen LogP contribution in [0.5, 0.6) is 0 Å². The van der Waals surface area contributed by atoms with Crippen LogP contribution in [0.25, 0.3) is 0 Å². The van der Waals surface area contributed by atoms with Gasteiger partial charge in [-0.05, 0) is 37.8 Å². The maximum atomic E-state index is 13.1. The van der Waals surface area contributed by atoms with Gasteiger partial charge in [-0.15, -0.1) is 0 Å². The molecular formula is C23H30N3O2+. The summed E-state index contributed by atoms with van der Waals surface area (Å²) in [5.74, 6) is -0.00655. The minimum absolute atomic E-state index is 0.00655. The highest BCUT2D eigenvalue weighted by Crippen LogP contribution is 2.37. The number of para-hydroxylation sites is 1. The van der Waals surface area contributed by atoms with Crippen LogP contribution in [0.3, 0.4) is 0 Å². The predicted molar refractivity (Wildman–Crippen MR) is 112 cm³/mol. The van der Waals surface area contributed by atoms with E-state index in [1.807, 2.05) is 50.2 Å². The maximum Gasteiger partial charge on any atom is 0.279 e. The standard InChI is InChI=1S/C23H29N3O2/c1-18-9-8-10-19(2)23(18)25-22(28)15-26(16-24-17-27)14-7-6-13-21(26)20-11-4-3-5-12-20/h3-5,8-12,17,21H,6-7,13-16H2,1-2H3,(H-,24,25,27,28)/p+1. The summed E-state index contributed by atoms with van der Waals surface area (Å²) in [5.41, 5.74) is 4.24. The molecular weight excluding hydrogens is 350 g/mol. The lowest BCUT2D eigenvalue weighted by Gasteiger charge is -2.47. The van der Waals surface area contributed by atoms with E-state index in [0.717, 1.165) is 49.0 Å². The number of hydrogen-bond donors (Lipinski definition) is 2. The number of piperidine rings is 1. The van der Waals surface area contributed by atoms with Gasteiger partial charge in [-0.1, -0.05) is 48.5 Å². The van der Waals surface area contributed by atoms with Gasteiger partial charge in [-0.25, -0.2) is 0 Å². The van der Waals surface area contributed by atoms with Crippen molar-refractivity contribution in [2.45, 2.75) is 39.2 Å². The van der Waals surface area contributed by atoms with Crippen molar-refractivity contribution in [3.8, 4) is 0 Å². The SMILES string of the molecule is Cc1cccc(C)c1NC(=O)C[N+]1(CNC=O)CCCCC1c1ccccc1. The van der Waals surface area contributed by atoms with E-state index in [0.29, 0.717) is 17.7 Å². The Kier molecular flexibility index (Phi) is 6.47. The van der Waals surface area contributed by atoms with Crippen LogP contribution in [0.1, 0.15) is 42.0 Å². The lowest BCUT2D eigenvalue weighted by molar-refractivity contribution is -0.956. The first kappa shape index (κ1) is 20.1. The van der Waals surface area contributed by atoms with Gasteiger partial charge >= 0.3 is 0 Å². The molecule has 0 bridgehead atoms. The molecule has 1 saturated heterocycles. The Bertz CT molecular complexity index is 802. The molecule has 2 amide bonds. The van der Waals surface area contributed by atoms with Gasteiger partial charge in [0.05, 0.1) is 6.54 Å². The number of amides is 2. The Labute approximate surface area is 167 Å². The highest BCUT2D eigenvalue weighted by Gasteiger charge is 2.42. The molecule has 0 aromatic heterocycles. The molecule has 2 atom stereocenters. The molecule has 2 unspecified atom stereocenters. The third kappa shape index (κ3) is 4.42. The lowest BCUT2D eigenvalue weighted by Crippen LogP contribution is -2.60. The molecule has 2 aromatic carbocycles. The van der Waals surface area contributed by atoms with E-state index in [4.69, 9.17) is 0 Å². The summed E-state index contributed by atoms with van der Waals surface area (Å²) in [6, 6.07) is 16.6. The minimum Gasteiger partial charge on any atom is -0.321 e. The van der Waals surface area contributed by atoms with E-state index in [1.165, 1.54) is 5.56 Å². The summed E-state index contributed by atoms with van der Waals surface area (Å²) >= 11 is 0. The van der Waals surface area contributed by atoms with Crippen molar-refractivity contribution in [3.63, 3.8) is 0 Å². The van der Waals surface area contributed by atoms with Gasteiger partial charge in [0.15, 0.2) is 13.2 Å². The van der Waals surface area contributed by atoms with E-state index in [2.05, 4.69) is 22.8 Å². The summed E-state index contributed by atoms with van der Waals surface area (Å²) in [4.78, 5) is 24.2. The van der Waals surface area contributed by atoms with Gasteiger partial charge in [0.25, 0.3) is 5.91 Å². The lowest BCUT2D eigenvalue weighted by atomic mass is 9.92. The van der Waals surface area contributed by atoms with Crippen LogP contribution in [-0.4, -0.2) is 36.6 Å². The molecule has 5 nitrogen and oxygen atoms in total. The van der Waals surface area contributed by atoms with Crippen molar-refractivity contribution in [3.05, 3.63) is 65.2 Å². The van der Waals surface area contributed by atoms with E-state index in [-0.39, 0.29) is 11.9 Å². The number of rotatable bonds is 7. The van der Waals surface area contributed by atoms with Crippen molar-refractivity contribution in [1.82, 2.24) is 5.32 Å². The fourth-order valence-corrected chi connectivity index (χ4v) is 4.48. The van der Waals surface area contributed by atoms with Gasteiger partial charge in [-0.3, -0.25) is 14.1 Å². The van der Waals surface area contributed by atoms with E-state index >= 15 is 0 Å². The fraction of sp³-hybridized carbons (Fsp3) is 0.391. The molecule has 1 heterocycles. The smallest absolute Gasteiger partial charge is 0.279 e. The highest BCUT2D eigenvalue weighted by atomic mass is 16.2. The molecule has 2 N–H and O–H groups in total. The average Bonchev–Trinajstić information content (AvgIpc) is 2.70. The number of carbonyl (C=O) groups excluding carboxylic acids is 2. The van der Waals surface area contributed by atoms with Crippen molar-refractivity contribution >= 4 is 18.0 Å². The second-order valence-corrected chi connectivity index (χ2v) is 7.82. The van der Waals surface area contributed by atoms with Gasteiger partial charge in [0.1, 0.15) is 6.04 Å². The Morgan fingerprint density at radius 1 is 1.07 bits per heavy atom. The third-order valence-corrected chi connectivity index (χ3v) is 5.87. The molecule has 148 valence electrons. The van der Waals surface area contributed by atoms with Gasteiger partial charge in [-0.2, -0.15) is 0 Å². The summed E-state index contributed by atoms with van der Waals surface area (Å²) < 4.78 is 0.555. The summed E-state index contributed by atoms with van der Waals surface area (Å²) in [7, 11) is 0. The number of nitrogens with zero attached hydrogens (tertiary/aromatic N) is 1. The van der Waals surface area contributed by atoms with E-state index in [1.54, 1.807) is 0 Å². The Balaban J connectivity index is 1.87. The molecule has 1 aliphatic rings. The molecule has 0 aliphatic carbocycles. The number of likely N-dealkylation sites (tertiary alicyclic amines) is 1. The van der Waals surface area contributed by atoms with Crippen LogP contribution in [0.4, 0.5) is 5.69 Å². The van der Waals surface area contributed by atoms with E-state index in [9.17, 15) is 9.59 Å². The summed E-state index contributed by atoms with van der Waals surface area (Å²) in [6.45, 7) is 5.70. The maximum absolute atomic E-state index is 13.1. The van der Waals surface area contributed by atoms with Crippen molar-refractivity contribution < 1.29 is 14.1 Å². The first-order chi connectivity index (χ1) is 13.6. The van der Waals surface area contributed by atoms with Crippen LogP contribution in [0, 0.1) is 13.8 Å². The van der Waals surface area contributed by atoms with Gasteiger partial charge < -0.3 is 10.6 Å². The zero-order valence-corrected chi connectivity index (χ0v) is 16.8. The number of anilines is 1. The quantitative estimate of drug-likeness (QED) is 0.569. The normalized spacial score (nSPS) is 21.7. The molecule has 2 aromatic rings. The van der Waals surface area contributed by atoms with Gasteiger partial charge in [0.2, 0.25) is 6.41 Å². The number of aryl methyl sites for hydroxylation is 2. The number of carbonyl (C=O) groups is 2. The van der Waals surface area contributed by atoms with Crippen LogP contribution < -0.4 is 10.6 Å². The van der Waals surface area contributed by atoms with E-state index < -0.39 is 0 Å². The number of nitrogens with one attached hydrogen (secondary N) is 2. The van der Waals surface area contributed by atoms with Crippen molar-refractivity contribution in [2.24, 2.45) is 0 Å². The third-order valence-electron chi connectivity index (χ3n) is 5.87. The molecule has 1 fully saturated rings. The average molecular weight is 381 g/mol. The largest absolute Gasteiger partial charge is 0.321 e. The number of benzene rings is 2. The van der Waals surface area contributed by atoms with Gasteiger partial charge in [0, 0.05) is 17.7 Å².